The average Bonchev–Trinajstić information content (AvgIpc) is 3.12. The van der Waals surface area contributed by atoms with Crippen molar-refractivity contribution in [3.8, 4) is 5.75 Å². The van der Waals surface area contributed by atoms with E-state index >= 15 is 0 Å². The van der Waals surface area contributed by atoms with E-state index in [1.807, 2.05) is 24.3 Å². The molecule has 0 spiro atoms. The van der Waals surface area contributed by atoms with Crippen LogP contribution in [0.5, 0.6) is 5.75 Å². The quantitative estimate of drug-likeness (QED) is 0.882. The van der Waals surface area contributed by atoms with Gasteiger partial charge in [0.25, 0.3) is 0 Å². The summed E-state index contributed by atoms with van der Waals surface area (Å²) in [6, 6.07) is 6.68. The second-order valence-electron chi connectivity index (χ2n) is 5.10. The van der Waals surface area contributed by atoms with Gasteiger partial charge in [-0.05, 0) is 24.1 Å². The fourth-order valence-corrected chi connectivity index (χ4v) is 2.85. The van der Waals surface area contributed by atoms with E-state index in [1.165, 1.54) is 4.90 Å². The molecule has 3 unspecified atom stereocenters. The number of benzene rings is 1. The molecule has 2 aliphatic rings. The number of methoxy groups -OCH3 is 1. The molecule has 1 N–H and O–H groups in total. The topological polar surface area (TPSA) is 66.8 Å². The van der Waals surface area contributed by atoms with Crippen molar-refractivity contribution in [1.29, 1.82) is 0 Å². The number of rotatable bonds is 4. The lowest BCUT2D eigenvalue weighted by atomic mass is 10.1. The van der Waals surface area contributed by atoms with E-state index in [4.69, 9.17) is 4.74 Å². The molecule has 0 aromatic heterocycles. The number of hydrogen-bond acceptors (Lipinski definition) is 3. The summed E-state index contributed by atoms with van der Waals surface area (Å²) in [5.41, 5.74) is 0.918. The summed E-state index contributed by atoms with van der Waals surface area (Å²) < 4.78 is 5.07. The molecule has 1 aromatic rings. The Morgan fingerprint density at radius 1 is 1.42 bits per heavy atom. The molecule has 0 bridgehead atoms. The van der Waals surface area contributed by atoms with Crippen LogP contribution in [0.15, 0.2) is 24.3 Å². The lowest BCUT2D eigenvalue weighted by Gasteiger charge is -2.24. The highest BCUT2D eigenvalue weighted by atomic mass is 16.5. The molecule has 19 heavy (non-hydrogen) atoms. The van der Waals surface area contributed by atoms with Gasteiger partial charge in [-0.25, -0.2) is 4.79 Å². The highest BCUT2D eigenvalue weighted by Gasteiger charge is 2.61. The van der Waals surface area contributed by atoms with Crippen molar-refractivity contribution in [2.75, 3.05) is 7.11 Å². The van der Waals surface area contributed by atoms with E-state index in [9.17, 15) is 14.7 Å². The number of nitrogens with zero attached hydrogens (tertiary/aromatic N) is 1. The monoisotopic (exact) mass is 261 g/mol. The van der Waals surface area contributed by atoms with Gasteiger partial charge >= 0.3 is 5.97 Å². The number of carboxylic acids is 1. The number of fused-ring (bicyclic) bond motifs is 1. The number of carboxylic acid groups (broad SMARTS) is 1. The van der Waals surface area contributed by atoms with E-state index in [0.717, 1.165) is 17.7 Å². The minimum absolute atomic E-state index is 0.0169. The molecule has 0 radical (unpaired) electrons. The Hall–Kier alpha value is -2.04. The SMILES string of the molecule is COc1ccc(CN2C(=O)C3CC3C2C(=O)O)cc1. The number of carbonyl (C=O) groups is 2. The number of piperidine rings is 1. The predicted octanol–water partition coefficient (Wildman–Crippen LogP) is 1.13. The van der Waals surface area contributed by atoms with E-state index in [0.29, 0.717) is 6.54 Å². The molecule has 3 rings (SSSR count). The molecular formula is C14H15NO4. The summed E-state index contributed by atoms with van der Waals surface area (Å²) in [4.78, 5) is 24.8. The number of likely N-dealkylation sites (tertiary alicyclic amines) is 1. The van der Waals surface area contributed by atoms with E-state index in [1.54, 1.807) is 7.11 Å². The van der Waals surface area contributed by atoms with Gasteiger partial charge in [-0.2, -0.15) is 0 Å². The summed E-state index contributed by atoms with van der Waals surface area (Å²) in [5.74, 6) is -0.211. The molecule has 1 aliphatic heterocycles. The first-order valence-corrected chi connectivity index (χ1v) is 6.28. The van der Waals surface area contributed by atoms with E-state index in [2.05, 4.69) is 0 Å². The summed E-state index contributed by atoms with van der Waals surface area (Å²) >= 11 is 0. The summed E-state index contributed by atoms with van der Waals surface area (Å²) in [6.07, 6.45) is 0.731. The maximum atomic E-state index is 12.0. The van der Waals surface area contributed by atoms with Gasteiger partial charge in [0, 0.05) is 18.4 Å². The van der Waals surface area contributed by atoms with Crippen molar-refractivity contribution >= 4 is 11.9 Å². The van der Waals surface area contributed by atoms with Crippen molar-refractivity contribution in [3.63, 3.8) is 0 Å². The number of amides is 1. The molecule has 3 atom stereocenters. The van der Waals surface area contributed by atoms with Crippen LogP contribution < -0.4 is 4.74 Å². The van der Waals surface area contributed by atoms with Gasteiger partial charge in [-0.3, -0.25) is 4.79 Å². The first kappa shape index (κ1) is 12.0. The molecule has 1 amide bonds. The van der Waals surface area contributed by atoms with Crippen LogP contribution in [-0.4, -0.2) is 35.0 Å². The first-order chi connectivity index (χ1) is 9.11. The largest absolute Gasteiger partial charge is 0.497 e. The summed E-state index contributed by atoms with van der Waals surface area (Å²) in [5, 5.41) is 9.24. The Balaban J connectivity index is 1.77. The lowest BCUT2D eigenvalue weighted by Crippen LogP contribution is -2.41. The Labute approximate surface area is 110 Å². The second kappa shape index (κ2) is 4.26. The van der Waals surface area contributed by atoms with Crippen molar-refractivity contribution in [2.45, 2.75) is 19.0 Å². The highest BCUT2D eigenvalue weighted by Crippen LogP contribution is 2.50. The van der Waals surface area contributed by atoms with Crippen LogP contribution in [0.4, 0.5) is 0 Å². The molecule has 1 heterocycles. The maximum absolute atomic E-state index is 12.0. The van der Waals surface area contributed by atoms with Crippen LogP contribution in [0.3, 0.4) is 0 Å². The first-order valence-electron chi connectivity index (χ1n) is 6.28. The van der Waals surface area contributed by atoms with Gasteiger partial charge < -0.3 is 14.7 Å². The highest BCUT2D eigenvalue weighted by molar-refractivity contribution is 5.92. The standard InChI is InChI=1S/C14H15NO4/c1-19-9-4-2-8(3-5-9)7-15-12(14(17)18)10-6-11(10)13(15)16/h2-5,10-12H,6-7H2,1H3,(H,17,18). The third-order valence-electron chi connectivity index (χ3n) is 3.95. The fraction of sp³-hybridized carbons (Fsp3) is 0.429. The van der Waals surface area contributed by atoms with Crippen LogP contribution in [-0.2, 0) is 16.1 Å². The van der Waals surface area contributed by atoms with Crippen molar-refractivity contribution < 1.29 is 19.4 Å². The fourth-order valence-electron chi connectivity index (χ4n) is 2.85. The minimum Gasteiger partial charge on any atom is -0.497 e. The molecule has 5 heteroatoms. The minimum atomic E-state index is -0.896. The van der Waals surface area contributed by atoms with Gasteiger partial charge in [-0.1, -0.05) is 12.1 Å². The van der Waals surface area contributed by atoms with E-state index < -0.39 is 12.0 Å². The third-order valence-corrected chi connectivity index (χ3v) is 3.95. The van der Waals surface area contributed by atoms with Crippen LogP contribution in [0.2, 0.25) is 0 Å². The summed E-state index contributed by atoms with van der Waals surface area (Å²) in [7, 11) is 1.59. The van der Waals surface area contributed by atoms with Crippen molar-refractivity contribution in [2.24, 2.45) is 11.8 Å². The Kier molecular flexibility index (Phi) is 2.69. The molecule has 1 saturated heterocycles. The van der Waals surface area contributed by atoms with Crippen molar-refractivity contribution in [1.82, 2.24) is 4.90 Å². The second-order valence-corrected chi connectivity index (χ2v) is 5.10. The van der Waals surface area contributed by atoms with Crippen molar-refractivity contribution in [3.05, 3.63) is 29.8 Å². The molecule has 5 nitrogen and oxygen atoms in total. The number of ether oxygens (including phenoxy) is 1. The molecular weight excluding hydrogens is 246 g/mol. The molecule has 1 saturated carbocycles. The number of aliphatic carboxylic acids is 1. The van der Waals surface area contributed by atoms with Crippen LogP contribution in [0.1, 0.15) is 12.0 Å². The molecule has 2 fully saturated rings. The summed E-state index contributed by atoms with van der Waals surface area (Å²) in [6.45, 7) is 0.354. The van der Waals surface area contributed by atoms with Gasteiger partial charge in [-0.15, -0.1) is 0 Å². The number of hydrogen-bond donors (Lipinski definition) is 1. The molecule has 1 aromatic carbocycles. The smallest absolute Gasteiger partial charge is 0.326 e. The lowest BCUT2D eigenvalue weighted by molar-refractivity contribution is -0.148. The Morgan fingerprint density at radius 2 is 2.11 bits per heavy atom. The average molecular weight is 261 g/mol. The zero-order valence-corrected chi connectivity index (χ0v) is 10.6. The normalized spacial score (nSPS) is 28.2. The third kappa shape index (κ3) is 1.95. The van der Waals surface area contributed by atoms with Gasteiger partial charge in [0.05, 0.1) is 7.11 Å². The Bertz CT molecular complexity index is 525. The zero-order chi connectivity index (χ0) is 13.6. The van der Waals surface area contributed by atoms with Gasteiger partial charge in [0.1, 0.15) is 11.8 Å². The maximum Gasteiger partial charge on any atom is 0.326 e. The van der Waals surface area contributed by atoms with Crippen LogP contribution >= 0.6 is 0 Å². The zero-order valence-electron chi connectivity index (χ0n) is 10.6. The predicted molar refractivity (Wildman–Crippen MR) is 66.6 cm³/mol. The molecule has 1 aliphatic carbocycles. The Morgan fingerprint density at radius 3 is 2.68 bits per heavy atom. The van der Waals surface area contributed by atoms with Gasteiger partial charge in [0.2, 0.25) is 5.91 Å². The van der Waals surface area contributed by atoms with E-state index in [-0.39, 0.29) is 17.7 Å². The number of carbonyl (C=O) groups excluding carboxylic acids is 1. The molecule has 100 valence electrons. The van der Waals surface area contributed by atoms with Crippen LogP contribution in [0, 0.1) is 11.8 Å². The van der Waals surface area contributed by atoms with Crippen LogP contribution in [0.25, 0.3) is 0 Å². The van der Waals surface area contributed by atoms with Gasteiger partial charge in [0.15, 0.2) is 0 Å².